The van der Waals surface area contributed by atoms with Gasteiger partial charge < -0.3 is 15.2 Å². The SMILES string of the molecule is C=CCOC(=O)CCCN[C@@H](CC(C)C)C(=O)O. The average molecular weight is 257 g/mol. The third kappa shape index (κ3) is 8.75. The largest absolute Gasteiger partial charge is 0.480 e. The molecule has 0 bridgehead atoms. The molecule has 0 aliphatic heterocycles. The van der Waals surface area contributed by atoms with E-state index in [2.05, 4.69) is 11.9 Å². The van der Waals surface area contributed by atoms with Crippen molar-refractivity contribution in [1.82, 2.24) is 5.32 Å². The lowest BCUT2D eigenvalue weighted by Gasteiger charge is -2.16. The van der Waals surface area contributed by atoms with Crippen molar-refractivity contribution >= 4 is 11.9 Å². The summed E-state index contributed by atoms with van der Waals surface area (Å²) in [6.07, 6.45) is 2.95. The van der Waals surface area contributed by atoms with Crippen LogP contribution >= 0.6 is 0 Å². The summed E-state index contributed by atoms with van der Waals surface area (Å²) >= 11 is 0. The number of carbonyl (C=O) groups excluding carboxylic acids is 1. The molecule has 5 heteroatoms. The Balaban J connectivity index is 3.76. The fourth-order valence-corrected chi connectivity index (χ4v) is 1.48. The van der Waals surface area contributed by atoms with Crippen LogP contribution in [-0.2, 0) is 14.3 Å². The van der Waals surface area contributed by atoms with Crippen LogP contribution in [0.3, 0.4) is 0 Å². The molecular formula is C13H23NO4. The van der Waals surface area contributed by atoms with Gasteiger partial charge in [0.1, 0.15) is 12.6 Å². The van der Waals surface area contributed by atoms with Gasteiger partial charge in [0, 0.05) is 6.42 Å². The number of carbonyl (C=O) groups is 2. The number of hydrogen-bond acceptors (Lipinski definition) is 4. The summed E-state index contributed by atoms with van der Waals surface area (Å²) < 4.78 is 4.81. The van der Waals surface area contributed by atoms with Gasteiger partial charge in [-0.25, -0.2) is 0 Å². The highest BCUT2D eigenvalue weighted by atomic mass is 16.5. The second kappa shape index (κ2) is 9.65. The van der Waals surface area contributed by atoms with Crippen LogP contribution in [0.1, 0.15) is 33.1 Å². The minimum Gasteiger partial charge on any atom is -0.480 e. The van der Waals surface area contributed by atoms with Crippen molar-refractivity contribution in [1.29, 1.82) is 0 Å². The highest BCUT2D eigenvalue weighted by molar-refractivity contribution is 5.73. The van der Waals surface area contributed by atoms with E-state index in [0.717, 1.165) is 0 Å². The lowest BCUT2D eigenvalue weighted by atomic mass is 10.0. The molecule has 0 unspecified atom stereocenters. The van der Waals surface area contributed by atoms with Crippen LogP contribution in [0, 0.1) is 5.92 Å². The Hall–Kier alpha value is -1.36. The molecular weight excluding hydrogens is 234 g/mol. The standard InChI is InChI=1S/C13H23NO4/c1-4-8-18-12(15)6-5-7-14-11(13(16)17)9-10(2)3/h4,10-11,14H,1,5-9H2,2-3H3,(H,16,17)/t11-/m0/s1. The van der Waals surface area contributed by atoms with E-state index in [1.807, 2.05) is 13.8 Å². The van der Waals surface area contributed by atoms with E-state index in [0.29, 0.717) is 25.3 Å². The lowest BCUT2D eigenvalue weighted by molar-refractivity contribution is -0.142. The number of carboxylic acids is 1. The van der Waals surface area contributed by atoms with E-state index in [4.69, 9.17) is 9.84 Å². The predicted octanol–water partition coefficient (Wildman–Crippen LogP) is 1.58. The molecule has 0 saturated carbocycles. The van der Waals surface area contributed by atoms with Gasteiger partial charge in [0.25, 0.3) is 0 Å². The van der Waals surface area contributed by atoms with Crippen LogP contribution in [0.15, 0.2) is 12.7 Å². The topological polar surface area (TPSA) is 75.6 Å². The molecule has 0 aliphatic carbocycles. The zero-order valence-electron chi connectivity index (χ0n) is 11.1. The Morgan fingerprint density at radius 3 is 2.61 bits per heavy atom. The maximum Gasteiger partial charge on any atom is 0.320 e. The van der Waals surface area contributed by atoms with Crippen LogP contribution in [0.5, 0.6) is 0 Å². The molecule has 0 aromatic carbocycles. The van der Waals surface area contributed by atoms with Gasteiger partial charge in [-0.15, -0.1) is 0 Å². The molecule has 5 nitrogen and oxygen atoms in total. The van der Waals surface area contributed by atoms with Crippen molar-refractivity contribution in [3.05, 3.63) is 12.7 Å². The minimum atomic E-state index is -0.849. The molecule has 0 aromatic rings. The van der Waals surface area contributed by atoms with Gasteiger partial charge in [-0.3, -0.25) is 9.59 Å². The summed E-state index contributed by atoms with van der Waals surface area (Å²) in [6, 6.07) is -0.547. The molecule has 2 N–H and O–H groups in total. The summed E-state index contributed by atoms with van der Waals surface area (Å²) in [6.45, 7) is 8.11. The maximum atomic E-state index is 11.1. The third-order valence-corrected chi connectivity index (χ3v) is 2.32. The summed E-state index contributed by atoms with van der Waals surface area (Å²) in [7, 11) is 0. The van der Waals surface area contributed by atoms with Crippen molar-refractivity contribution in [3.8, 4) is 0 Å². The molecule has 0 aliphatic rings. The van der Waals surface area contributed by atoms with Crippen LogP contribution in [0.4, 0.5) is 0 Å². The molecule has 0 rings (SSSR count). The fraction of sp³-hybridized carbons (Fsp3) is 0.692. The first kappa shape index (κ1) is 16.6. The van der Waals surface area contributed by atoms with Crippen LogP contribution in [0.25, 0.3) is 0 Å². The smallest absolute Gasteiger partial charge is 0.320 e. The van der Waals surface area contributed by atoms with E-state index < -0.39 is 12.0 Å². The molecule has 0 amide bonds. The average Bonchev–Trinajstić information content (AvgIpc) is 2.29. The molecule has 0 heterocycles. The normalized spacial score (nSPS) is 12.2. The van der Waals surface area contributed by atoms with Crippen molar-refractivity contribution in [2.24, 2.45) is 5.92 Å². The highest BCUT2D eigenvalue weighted by Crippen LogP contribution is 2.05. The second-order valence-electron chi connectivity index (χ2n) is 4.55. The van der Waals surface area contributed by atoms with E-state index in [1.54, 1.807) is 0 Å². The Bertz CT molecular complexity index is 276. The third-order valence-electron chi connectivity index (χ3n) is 2.32. The van der Waals surface area contributed by atoms with Gasteiger partial charge in [0.05, 0.1) is 0 Å². The van der Waals surface area contributed by atoms with Gasteiger partial charge in [-0.2, -0.15) is 0 Å². The van der Waals surface area contributed by atoms with Gasteiger partial charge in [0.15, 0.2) is 0 Å². The van der Waals surface area contributed by atoms with Gasteiger partial charge in [0.2, 0.25) is 0 Å². The van der Waals surface area contributed by atoms with Crippen LogP contribution < -0.4 is 5.32 Å². The quantitative estimate of drug-likeness (QED) is 0.353. The van der Waals surface area contributed by atoms with E-state index in [9.17, 15) is 9.59 Å². The zero-order chi connectivity index (χ0) is 14.0. The summed E-state index contributed by atoms with van der Waals surface area (Å²) in [4.78, 5) is 22.1. The molecule has 0 fully saturated rings. The first-order valence-electron chi connectivity index (χ1n) is 6.20. The van der Waals surface area contributed by atoms with Gasteiger partial charge in [-0.1, -0.05) is 26.5 Å². The summed E-state index contributed by atoms with van der Waals surface area (Å²) in [5.41, 5.74) is 0. The van der Waals surface area contributed by atoms with Crippen molar-refractivity contribution in [2.75, 3.05) is 13.2 Å². The number of nitrogens with one attached hydrogen (secondary N) is 1. The Labute approximate surface area is 108 Å². The van der Waals surface area contributed by atoms with Crippen LogP contribution in [0.2, 0.25) is 0 Å². The summed E-state index contributed by atoms with van der Waals surface area (Å²) in [5, 5.41) is 11.9. The van der Waals surface area contributed by atoms with Gasteiger partial charge in [-0.05, 0) is 25.3 Å². The molecule has 104 valence electrons. The molecule has 0 aromatic heterocycles. The van der Waals surface area contributed by atoms with Crippen molar-refractivity contribution in [2.45, 2.75) is 39.2 Å². The number of aliphatic carboxylic acids is 1. The van der Waals surface area contributed by atoms with Gasteiger partial charge >= 0.3 is 11.9 Å². The second-order valence-corrected chi connectivity index (χ2v) is 4.55. The Kier molecular flexibility index (Phi) is 8.92. The molecule has 1 atom stereocenters. The minimum absolute atomic E-state index is 0.220. The number of ether oxygens (including phenoxy) is 1. The fourth-order valence-electron chi connectivity index (χ4n) is 1.48. The zero-order valence-corrected chi connectivity index (χ0v) is 11.1. The number of carboxylic acid groups (broad SMARTS) is 1. The molecule has 0 spiro atoms. The van der Waals surface area contributed by atoms with Crippen molar-refractivity contribution in [3.63, 3.8) is 0 Å². The maximum absolute atomic E-state index is 11.1. The molecule has 18 heavy (non-hydrogen) atoms. The van der Waals surface area contributed by atoms with E-state index >= 15 is 0 Å². The summed E-state index contributed by atoms with van der Waals surface area (Å²) in [5.74, 6) is -0.818. The Morgan fingerprint density at radius 1 is 1.44 bits per heavy atom. The monoisotopic (exact) mass is 257 g/mol. The number of rotatable bonds is 10. The number of esters is 1. The lowest BCUT2D eigenvalue weighted by Crippen LogP contribution is -2.38. The van der Waals surface area contributed by atoms with E-state index in [-0.39, 0.29) is 19.0 Å². The van der Waals surface area contributed by atoms with Crippen molar-refractivity contribution < 1.29 is 19.4 Å². The molecule has 0 radical (unpaired) electrons. The molecule has 0 saturated heterocycles. The predicted molar refractivity (Wildman–Crippen MR) is 69.3 cm³/mol. The first-order valence-corrected chi connectivity index (χ1v) is 6.20. The van der Waals surface area contributed by atoms with E-state index in [1.165, 1.54) is 6.08 Å². The Morgan fingerprint density at radius 2 is 2.11 bits per heavy atom. The first-order chi connectivity index (χ1) is 8.47. The number of hydrogen-bond donors (Lipinski definition) is 2. The van der Waals surface area contributed by atoms with Crippen LogP contribution in [-0.4, -0.2) is 36.2 Å². The highest BCUT2D eigenvalue weighted by Gasteiger charge is 2.17.